The van der Waals surface area contributed by atoms with E-state index < -0.39 is 0 Å². The molecule has 0 saturated carbocycles. The number of nitrogens with one attached hydrogen (secondary N) is 1. The van der Waals surface area contributed by atoms with E-state index in [-0.39, 0.29) is 0 Å². The Hall–Kier alpha value is -2.29. The van der Waals surface area contributed by atoms with Crippen molar-refractivity contribution in [1.82, 2.24) is 5.43 Å². The van der Waals surface area contributed by atoms with Crippen LogP contribution in [0.15, 0.2) is 59.7 Å². The van der Waals surface area contributed by atoms with Gasteiger partial charge in [-0.05, 0) is 42.0 Å². The number of hydrogen-bond acceptors (Lipinski definition) is 3. The molecule has 1 heterocycles. The van der Waals surface area contributed by atoms with Crippen molar-refractivity contribution in [2.24, 2.45) is 11.0 Å². The van der Waals surface area contributed by atoms with E-state index in [1.165, 1.54) is 37.2 Å². The zero-order valence-electron chi connectivity index (χ0n) is 13.8. The highest BCUT2D eigenvalue weighted by atomic mass is 15.3. The van der Waals surface area contributed by atoms with E-state index in [4.69, 9.17) is 0 Å². The van der Waals surface area contributed by atoms with Crippen LogP contribution in [-0.4, -0.2) is 19.3 Å². The Morgan fingerprint density at radius 3 is 2.43 bits per heavy atom. The quantitative estimate of drug-likeness (QED) is 0.666. The minimum absolute atomic E-state index is 0.751. The van der Waals surface area contributed by atoms with E-state index in [0.29, 0.717) is 0 Å². The molecule has 1 fully saturated rings. The number of rotatable bonds is 5. The Morgan fingerprint density at radius 2 is 1.74 bits per heavy atom. The van der Waals surface area contributed by atoms with Gasteiger partial charge in [-0.2, -0.15) is 5.10 Å². The summed E-state index contributed by atoms with van der Waals surface area (Å²) in [4.78, 5) is 2.48. The van der Waals surface area contributed by atoms with Crippen LogP contribution < -0.4 is 10.3 Å². The predicted molar refractivity (Wildman–Crippen MR) is 97.9 cm³/mol. The Labute approximate surface area is 139 Å². The SMILES string of the molecule is CC1CCN(c2ccc(C=NNCc3ccccc3)cc2)CC1. The minimum Gasteiger partial charge on any atom is -0.372 e. The Bertz CT molecular complexity index is 611. The van der Waals surface area contributed by atoms with Crippen LogP contribution in [0.5, 0.6) is 0 Å². The lowest BCUT2D eigenvalue weighted by Crippen LogP contribution is -2.32. The van der Waals surface area contributed by atoms with Gasteiger partial charge in [0, 0.05) is 18.8 Å². The average Bonchev–Trinajstić information content (AvgIpc) is 2.61. The first-order chi connectivity index (χ1) is 11.3. The van der Waals surface area contributed by atoms with Gasteiger partial charge in [0.25, 0.3) is 0 Å². The second kappa shape index (κ2) is 7.82. The van der Waals surface area contributed by atoms with Gasteiger partial charge in [0.1, 0.15) is 0 Å². The van der Waals surface area contributed by atoms with E-state index in [9.17, 15) is 0 Å². The maximum atomic E-state index is 4.30. The molecule has 0 bridgehead atoms. The van der Waals surface area contributed by atoms with Crippen molar-refractivity contribution >= 4 is 11.9 Å². The second-order valence-electron chi connectivity index (χ2n) is 6.34. The number of anilines is 1. The van der Waals surface area contributed by atoms with Crippen LogP contribution in [0.25, 0.3) is 0 Å². The van der Waals surface area contributed by atoms with E-state index in [2.05, 4.69) is 58.7 Å². The van der Waals surface area contributed by atoms with Gasteiger partial charge in [0.15, 0.2) is 0 Å². The molecule has 0 unspecified atom stereocenters. The van der Waals surface area contributed by atoms with Crippen molar-refractivity contribution in [3.8, 4) is 0 Å². The highest BCUT2D eigenvalue weighted by molar-refractivity contribution is 5.80. The van der Waals surface area contributed by atoms with E-state index in [1.54, 1.807) is 0 Å². The summed E-state index contributed by atoms with van der Waals surface area (Å²) in [5, 5.41) is 4.30. The number of piperidine rings is 1. The smallest absolute Gasteiger partial charge is 0.0580 e. The molecule has 0 amide bonds. The van der Waals surface area contributed by atoms with Crippen molar-refractivity contribution in [3.05, 3.63) is 65.7 Å². The second-order valence-corrected chi connectivity index (χ2v) is 6.34. The van der Waals surface area contributed by atoms with Crippen molar-refractivity contribution in [3.63, 3.8) is 0 Å². The molecule has 3 rings (SSSR count). The molecule has 0 aromatic heterocycles. The fourth-order valence-corrected chi connectivity index (χ4v) is 2.89. The first-order valence-corrected chi connectivity index (χ1v) is 8.46. The first-order valence-electron chi connectivity index (χ1n) is 8.46. The topological polar surface area (TPSA) is 27.6 Å². The third-order valence-corrected chi connectivity index (χ3v) is 4.47. The average molecular weight is 307 g/mol. The van der Waals surface area contributed by atoms with E-state index in [0.717, 1.165) is 18.0 Å². The third-order valence-electron chi connectivity index (χ3n) is 4.47. The van der Waals surface area contributed by atoms with Crippen LogP contribution in [0, 0.1) is 5.92 Å². The fourth-order valence-electron chi connectivity index (χ4n) is 2.89. The lowest BCUT2D eigenvalue weighted by atomic mass is 9.99. The molecule has 2 aromatic rings. The monoisotopic (exact) mass is 307 g/mol. The number of benzene rings is 2. The lowest BCUT2D eigenvalue weighted by Gasteiger charge is -2.32. The first kappa shape index (κ1) is 15.6. The van der Waals surface area contributed by atoms with Crippen LogP contribution in [0.1, 0.15) is 30.9 Å². The van der Waals surface area contributed by atoms with E-state index in [1.807, 2.05) is 24.4 Å². The third kappa shape index (κ3) is 4.59. The predicted octanol–water partition coefficient (Wildman–Crippen LogP) is 4.05. The Balaban J connectivity index is 1.50. The highest BCUT2D eigenvalue weighted by Crippen LogP contribution is 2.22. The molecule has 23 heavy (non-hydrogen) atoms. The summed E-state index contributed by atoms with van der Waals surface area (Å²) in [6.07, 6.45) is 4.48. The molecule has 0 aliphatic carbocycles. The molecular weight excluding hydrogens is 282 g/mol. The molecule has 3 heteroatoms. The minimum atomic E-state index is 0.751. The van der Waals surface area contributed by atoms with Crippen molar-refractivity contribution < 1.29 is 0 Å². The summed E-state index contributed by atoms with van der Waals surface area (Å²) in [7, 11) is 0. The molecule has 3 nitrogen and oxygen atoms in total. The molecule has 120 valence electrons. The van der Waals surface area contributed by atoms with Gasteiger partial charge in [0.05, 0.1) is 12.8 Å². The van der Waals surface area contributed by atoms with Gasteiger partial charge in [-0.3, -0.25) is 0 Å². The van der Waals surface area contributed by atoms with Crippen molar-refractivity contribution in [2.45, 2.75) is 26.3 Å². The molecular formula is C20H25N3. The number of nitrogens with zero attached hydrogens (tertiary/aromatic N) is 2. The zero-order valence-corrected chi connectivity index (χ0v) is 13.8. The van der Waals surface area contributed by atoms with Gasteiger partial charge >= 0.3 is 0 Å². The number of hydrazone groups is 1. The molecule has 1 aliphatic heterocycles. The van der Waals surface area contributed by atoms with Crippen molar-refractivity contribution in [2.75, 3.05) is 18.0 Å². The molecule has 1 saturated heterocycles. The van der Waals surface area contributed by atoms with Gasteiger partial charge in [-0.15, -0.1) is 0 Å². The zero-order chi connectivity index (χ0) is 15.9. The summed E-state index contributed by atoms with van der Waals surface area (Å²) in [6.45, 7) is 5.45. The Morgan fingerprint density at radius 1 is 1.04 bits per heavy atom. The van der Waals surface area contributed by atoms with Crippen LogP contribution >= 0.6 is 0 Å². The van der Waals surface area contributed by atoms with Crippen LogP contribution in [-0.2, 0) is 6.54 Å². The molecule has 0 spiro atoms. The molecule has 0 radical (unpaired) electrons. The summed E-state index contributed by atoms with van der Waals surface area (Å²) >= 11 is 0. The highest BCUT2D eigenvalue weighted by Gasteiger charge is 2.15. The fraction of sp³-hybridized carbons (Fsp3) is 0.350. The van der Waals surface area contributed by atoms with Crippen LogP contribution in [0.4, 0.5) is 5.69 Å². The maximum Gasteiger partial charge on any atom is 0.0580 e. The maximum absolute atomic E-state index is 4.30. The van der Waals surface area contributed by atoms with E-state index >= 15 is 0 Å². The van der Waals surface area contributed by atoms with Gasteiger partial charge in [-0.25, -0.2) is 0 Å². The summed E-state index contributed by atoms with van der Waals surface area (Å²) < 4.78 is 0. The van der Waals surface area contributed by atoms with Gasteiger partial charge < -0.3 is 10.3 Å². The van der Waals surface area contributed by atoms with Crippen LogP contribution in [0.3, 0.4) is 0 Å². The molecule has 1 aliphatic rings. The lowest BCUT2D eigenvalue weighted by molar-refractivity contribution is 0.438. The standard InChI is InChI=1S/C20H25N3/c1-17-11-13-23(14-12-17)20-9-7-19(8-10-20)16-22-21-15-18-5-3-2-4-6-18/h2-10,16-17,21H,11-15H2,1H3. The summed E-state index contributed by atoms with van der Waals surface area (Å²) in [5.74, 6) is 0.869. The molecule has 0 atom stereocenters. The Kier molecular flexibility index (Phi) is 5.30. The number of hydrogen-bond donors (Lipinski definition) is 1. The van der Waals surface area contributed by atoms with Crippen molar-refractivity contribution in [1.29, 1.82) is 0 Å². The summed E-state index contributed by atoms with van der Waals surface area (Å²) in [6, 6.07) is 19.0. The normalized spacial score (nSPS) is 16.0. The van der Waals surface area contributed by atoms with Gasteiger partial charge in [0.2, 0.25) is 0 Å². The largest absolute Gasteiger partial charge is 0.372 e. The summed E-state index contributed by atoms with van der Waals surface area (Å²) in [5.41, 5.74) is 6.78. The van der Waals surface area contributed by atoms with Gasteiger partial charge in [-0.1, -0.05) is 49.4 Å². The van der Waals surface area contributed by atoms with Crippen LogP contribution in [0.2, 0.25) is 0 Å². The molecule has 2 aromatic carbocycles. The molecule has 1 N–H and O–H groups in total.